The van der Waals surface area contributed by atoms with Gasteiger partial charge in [-0.2, -0.15) is 0 Å². The van der Waals surface area contributed by atoms with Gasteiger partial charge in [0.1, 0.15) is 0 Å². The molecule has 0 fully saturated rings. The van der Waals surface area contributed by atoms with Crippen LogP contribution in [0.5, 0.6) is 11.5 Å². The fourth-order valence-electron chi connectivity index (χ4n) is 1.54. The van der Waals surface area contributed by atoms with Gasteiger partial charge in [-0.3, -0.25) is 4.79 Å². The maximum Gasteiger partial charge on any atom is 0.244 e. The van der Waals surface area contributed by atoms with Gasteiger partial charge in [-0.15, -0.1) is 0 Å². The minimum atomic E-state index is -0.173. The Hall–Kier alpha value is -1.53. The Labute approximate surface area is 127 Å². The summed E-state index contributed by atoms with van der Waals surface area (Å²) in [6.07, 6.45) is 3.16. The Kier molecular flexibility index (Phi) is 7.11. The van der Waals surface area contributed by atoms with Crippen molar-refractivity contribution in [1.82, 2.24) is 5.32 Å². The van der Waals surface area contributed by atoms with E-state index >= 15 is 0 Å². The van der Waals surface area contributed by atoms with Crippen LogP contribution in [0, 0.1) is 0 Å². The van der Waals surface area contributed by atoms with E-state index in [1.165, 1.54) is 6.08 Å². The maximum absolute atomic E-state index is 11.5. The molecule has 20 heavy (non-hydrogen) atoms. The van der Waals surface area contributed by atoms with Crippen molar-refractivity contribution in [2.24, 2.45) is 0 Å². The molecule has 6 heteroatoms. The number of hydrogen-bond donors (Lipinski definition) is 1. The van der Waals surface area contributed by atoms with E-state index in [0.29, 0.717) is 24.7 Å². The number of nitrogens with one attached hydrogen (secondary N) is 1. The van der Waals surface area contributed by atoms with Crippen molar-refractivity contribution in [3.8, 4) is 11.5 Å². The molecule has 0 radical (unpaired) electrons. The topological polar surface area (TPSA) is 56.8 Å². The van der Waals surface area contributed by atoms with Gasteiger partial charge in [0.05, 0.1) is 25.3 Å². The van der Waals surface area contributed by atoms with Gasteiger partial charge in [0.25, 0.3) is 0 Å². The van der Waals surface area contributed by atoms with Crippen LogP contribution >= 0.6 is 15.9 Å². The first kappa shape index (κ1) is 16.5. The highest BCUT2D eigenvalue weighted by Gasteiger charge is 2.09. The maximum atomic E-state index is 11.5. The summed E-state index contributed by atoms with van der Waals surface area (Å²) in [7, 11) is 4.72. The average Bonchev–Trinajstić information content (AvgIpc) is 2.44. The van der Waals surface area contributed by atoms with Crippen LogP contribution in [0.1, 0.15) is 5.56 Å². The zero-order chi connectivity index (χ0) is 15.0. The molecule has 0 aromatic heterocycles. The first-order chi connectivity index (χ1) is 9.62. The second-order valence-electron chi connectivity index (χ2n) is 3.86. The molecule has 0 atom stereocenters. The lowest BCUT2D eigenvalue weighted by Crippen LogP contribution is -2.24. The van der Waals surface area contributed by atoms with E-state index in [1.54, 1.807) is 33.5 Å². The summed E-state index contributed by atoms with van der Waals surface area (Å²) in [5.41, 5.74) is 0.830. The third kappa shape index (κ3) is 4.86. The van der Waals surface area contributed by atoms with Crippen LogP contribution < -0.4 is 14.8 Å². The van der Waals surface area contributed by atoms with Gasteiger partial charge in [0, 0.05) is 19.7 Å². The van der Waals surface area contributed by atoms with Gasteiger partial charge in [0.15, 0.2) is 11.5 Å². The highest BCUT2D eigenvalue weighted by molar-refractivity contribution is 9.10. The molecule has 0 bridgehead atoms. The van der Waals surface area contributed by atoms with Gasteiger partial charge in [-0.25, -0.2) is 0 Å². The number of carbonyl (C=O) groups excluding carboxylic acids is 1. The van der Waals surface area contributed by atoms with Crippen LogP contribution in [0.15, 0.2) is 22.7 Å². The van der Waals surface area contributed by atoms with E-state index in [0.717, 1.165) is 10.0 Å². The predicted molar refractivity (Wildman–Crippen MR) is 81.2 cm³/mol. The highest BCUT2D eigenvalue weighted by atomic mass is 79.9. The predicted octanol–water partition coefficient (Wildman–Crippen LogP) is 2.24. The van der Waals surface area contributed by atoms with E-state index < -0.39 is 0 Å². The quantitative estimate of drug-likeness (QED) is 0.609. The summed E-state index contributed by atoms with van der Waals surface area (Å²) < 4.78 is 16.1. The summed E-state index contributed by atoms with van der Waals surface area (Å²) in [5, 5.41) is 2.70. The number of benzene rings is 1. The first-order valence-electron chi connectivity index (χ1n) is 5.98. The summed E-state index contributed by atoms with van der Waals surface area (Å²) in [6.45, 7) is 0.969. The van der Waals surface area contributed by atoms with Crippen molar-refractivity contribution >= 4 is 27.9 Å². The van der Waals surface area contributed by atoms with Crippen LogP contribution in [-0.4, -0.2) is 40.4 Å². The van der Waals surface area contributed by atoms with E-state index in [-0.39, 0.29) is 5.91 Å². The molecule has 1 amide bonds. The van der Waals surface area contributed by atoms with Crippen molar-refractivity contribution < 1.29 is 19.0 Å². The van der Waals surface area contributed by atoms with Crippen molar-refractivity contribution in [1.29, 1.82) is 0 Å². The number of ether oxygens (including phenoxy) is 3. The van der Waals surface area contributed by atoms with Gasteiger partial charge in [0.2, 0.25) is 5.91 Å². The Morgan fingerprint density at radius 2 is 2.05 bits per heavy atom. The molecule has 1 aromatic carbocycles. The first-order valence-corrected chi connectivity index (χ1v) is 6.78. The molecular weight excluding hydrogens is 326 g/mol. The van der Waals surface area contributed by atoms with Gasteiger partial charge in [-0.05, 0) is 39.7 Å². The minimum absolute atomic E-state index is 0.173. The monoisotopic (exact) mass is 343 g/mol. The van der Waals surface area contributed by atoms with Crippen molar-refractivity contribution in [3.05, 3.63) is 28.2 Å². The normalized spacial score (nSPS) is 10.6. The molecule has 1 N–H and O–H groups in total. The van der Waals surface area contributed by atoms with E-state index in [4.69, 9.17) is 14.2 Å². The molecule has 0 saturated carbocycles. The second-order valence-corrected chi connectivity index (χ2v) is 4.71. The largest absolute Gasteiger partial charge is 0.493 e. The number of carbonyl (C=O) groups is 1. The summed E-state index contributed by atoms with van der Waals surface area (Å²) >= 11 is 3.40. The lowest BCUT2D eigenvalue weighted by molar-refractivity contribution is -0.116. The van der Waals surface area contributed by atoms with E-state index in [2.05, 4.69) is 21.2 Å². The molecule has 0 unspecified atom stereocenters. The fourth-order valence-corrected chi connectivity index (χ4v) is 2.16. The molecule has 1 rings (SSSR count). The fraction of sp³-hybridized carbons (Fsp3) is 0.357. The number of halogens is 1. The number of hydrogen-bond acceptors (Lipinski definition) is 4. The molecule has 1 aromatic rings. The summed E-state index contributed by atoms with van der Waals surface area (Å²) in [5.74, 6) is 1.04. The molecule has 5 nitrogen and oxygen atoms in total. The molecule has 0 aliphatic heterocycles. The molecule has 0 saturated heterocycles. The number of rotatable bonds is 7. The van der Waals surface area contributed by atoms with Gasteiger partial charge in [-0.1, -0.05) is 0 Å². The lowest BCUT2D eigenvalue weighted by Gasteiger charge is -2.10. The molecule has 0 aliphatic rings. The van der Waals surface area contributed by atoms with Crippen LogP contribution in [0.4, 0.5) is 0 Å². The average molecular weight is 344 g/mol. The summed E-state index contributed by atoms with van der Waals surface area (Å²) in [4.78, 5) is 11.5. The van der Waals surface area contributed by atoms with Crippen LogP contribution in [-0.2, 0) is 9.53 Å². The number of amides is 1. The van der Waals surface area contributed by atoms with Crippen LogP contribution in [0.25, 0.3) is 6.08 Å². The molecule has 0 spiro atoms. The van der Waals surface area contributed by atoms with Crippen LogP contribution in [0.2, 0.25) is 0 Å². The lowest BCUT2D eigenvalue weighted by atomic mass is 10.2. The van der Waals surface area contributed by atoms with Crippen molar-refractivity contribution in [2.75, 3.05) is 34.5 Å². The Morgan fingerprint density at radius 1 is 1.30 bits per heavy atom. The smallest absolute Gasteiger partial charge is 0.244 e. The molecule has 0 aliphatic carbocycles. The van der Waals surface area contributed by atoms with Crippen molar-refractivity contribution in [3.63, 3.8) is 0 Å². The zero-order valence-electron chi connectivity index (χ0n) is 11.7. The second kappa shape index (κ2) is 8.60. The van der Waals surface area contributed by atoms with E-state index in [1.807, 2.05) is 6.07 Å². The standard InChI is InChI=1S/C14H18BrNO4/c1-18-7-6-16-13(17)5-4-10-8-11(15)14(20-3)12(9-10)19-2/h4-5,8-9H,6-7H2,1-3H3,(H,16,17)/b5-4+. The van der Waals surface area contributed by atoms with Gasteiger partial charge < -0.3 is 19.5 Å². The zero-order valence-corrected chi connectivity index (χ0v) is 13.3. The Balaban J connectivity index is 2.77. The van der Waals surface area contributed by atoms with Gasteiger partial charge >= 0.3 is 0 Å². The third-order valence-corrected chi connectivity index (χ3v) is 3.08. The number of methoxy groups -OCH3 is 3. The third-order valence-electron chi connectivity index (χ3n) is 2.49. The SMILES string of the molecule is COCCNC(=O)/C=C/c1cc(Br)c(OC)c(OC)c1. The van der Waals surface area contributed by atoms with Crippen molar-refractivity contribution in [2.45, 2.75) is 0 Å². The molecule has 0 heterocycles. The Bertz CT molecular complexity index is 488. The van der Waals surface area contributed by atoms with Crippen LogP contribution in [0.3, 0.4) is 0 Å². The molecule has 110 valence electrons. The Morgan fingerprint density at radius 3 is 2.65 bits per heavy atom. The highest BCUT2D eigenvalue weighted by Crippen LogP contribution is 2.36. The summed E-state index contributed by atoms with van der Waals surface area (Å²) in [6, 6.07) is 3.64. The van der Waals surface area contributed by atoms with E-state index in [9.17, 15) is 4.79 Å². The molecular formula is C14H18BrNO4. The minimum Gasteiger partial charge on any atom is -0.493 e.